The van der Waals surface area contributed by atoms with Crippen LogP contribution in [0, 0.1) is 5.92 Å². The number of likely N-dealkylation sites (N-methyl/N-ethyl adjacent to an activating group) is 1. The summed E-state index contributed by atoms with van der Waals surface area (Å²) >= 11 is 0. The van der Waals surface area contributed by atoms with E-state index >= 15 is 0 Å². The first-order valence-electron chi connectivity index (χ1n) is 14.6. The first-order chi connectivity index (χ1) is 18.5. The molecule has 1 fully saturated rings. The molecule has 0 bridgehead atoms. The predicted molar refractivity (Wildman–Crippen MR) is 159 cm³/mol. The molecular formula is C33H49N3O3. The van der Waals surface area contributed by atoms with Gasteiger partial charge < -0.3 is 15.4 Å². The SMILES string of the molecule is CC(C)CC(C(=O)N[C@@H](Cc1ccc(OCc2ccccc2)cc1)C(=O)NC(C)(C)C)N(C)C1CCCCC1. The van der Waals surface area contributed by atoms with Gasteiger partial charge in [0, 0.05) is 18.0 Å². The number of hydrogen-bond acceptors (Lipinski definition) is 4. The van der Waals surface area contributed by atoms with Gasteiger partial charge in [-0.3, -0.25) is 14.5 Å². The van der Waals surface area contributed by atoms with Gasteiger partial charge in [-0.05, 0) is 76.3 Å². The van der Waals surface area contributed by atoms with E-state index in [4.69, 9.17) is 4.74 Å². The summed E-state index contributed by atoms with van der Waals surface area (Å²) in [6, 6.07) is 17.4. The highest BCUT2D eigenvalue weighted by molar-refractivity contribution is 5.90. The Hall–Kier alpha value is -2.86. The third-order valence-electron chi connectivity index (χ3n) is 7.38. The lowest BCUT2D eigenvalue weighted by Gasteiger charge is -2.38. The molecule has 0 aliphatic heterocycles. The third-order valence-corrected chi connectivity index (χ3v) is 7.38. The van der Waals surface area contributed by atoms with Crippen molar-refractivity contribution in [2.24, 2.45) is 5.92 Å². The Kier molecular flexibility index (Phi) is 11.4. The zero-order valence-corrected chi connectivity index (χ0v) is 24.8. The Bertz CT molecular complexity index is 1020. The molecule has 6 heteroatoms. The molecule has 214 valence electrons. The zero-order valence-electron chi connectivity index (χ0n) is 24.8. The maximum absolute atomic E-state index is 13.8. The molecule has 1 aliphatic carbocycles. The summed E-state index contributed by atoms with van der Waals surface area (Å²) in [5.74, 6) is 0.919. The van der Waals surface area contributed by atoms with Gasteiger partial charge in [-0.15, -0.1) is 0 Å². The molecule has 0 radical (unpaired) electrons. The van der Waals surface area contributed by atoms with Crippen molar-refractivity contribution >= 4 is 11.8 Å². The lowest BCUT2D eigenvalue weighted by atomic mass is 9.91. The summed E-state index contributed by atoms with van der Waals surface area (Å²) in [4.78, 5) is 29.4. The number of ether oxygens (including phenoxy) is 1. The largest absolute Gasteiger partial charge is 0.489 e. The van der Waals surface area contributed by atoms with E-state index in [9.17, 15) is 9.59 Å². The van der Waals surface area contributed by atoms with Crippen molar-refractivity contribution in [1.29, 1.82) is 0 Å². The van der Waals surface area contributed by atoms with E-state index in [0.29, 0.717) is 25.0 Å². The number of carbonyl (C=O) groups excluding carboxylic acids is 2. The van der Waals surface area contributed by atoms with E-state index < -0.39 is 11.6 Å². The number of rotatable bonds is 12. The smallest absolute Gasteiger partial charge is 0.243 e. The topological polar surface area (TPSA) is 70.7 Å². The number of nitrogens with one attached hydrogen (secondary N) is 2. The minimum absolute atomic E-state index is 0.0614. The van der Waals surface area contributed by atoms with Crippen LogP contribution in [0.3, 0.4) is 0 Å². The summed E-state index contributed by atoms with van der Waals surface area (Å²) in [6.45, 7) is 10.7. The quantitative estimate of drug-likeness (QED) is 0.356. The molecule has 0 spiro atoms. The minimum Gasteiger partial charge on any atom is -0.489 e. The van der Waals surface area contributed by atoms with Crippen LogP contribution in [0.25, 0.3) is 0 Å². The lowest BCUT2D eigenvalue weighted by Crippen LogP contribution is -2.57. The van der Waals surface area contributed by atoms with E-state index in [1.807, 2.05) is 75.4 Å². The van der Waals surface area contributed by atoms with Crippen LogP contribution in [0.4, 0.5) is 0 Å². The number of benzene rings is 2. The predicted octanol–water partition coefficient (Wildman–Crippen LogP) is 5.89. The summed E-state index contributed by atoms with van der Waals surface area (Å²) in [5, 5.41) is 6.23. The van der Waals surface area contributed by atoms with Crippen LogP contribution in [-0.2, 0) is 22.6 Å². The minimum atomic E-state index is -0.665. The van der Waals surface area contributed by atoms with Crippen LogP contribution >= 0.6 is 0 Å². The molecule has 0 saturated heterocycles. The molecule has 0 heterocycles. The van der Waals surface area contributed by atoms with Crippen LogP contribution in [0.15, 0.2) is 54.6 Å². The van der Waals surface area contributed by atoms with Crippen molar-refractivity contribution in [3.05, 3.63) is 65.7 Å². The Morgan fingerprint density at radius 1 is 0.923 bits per heavy atom. The average molecular weight is 536 g/mol. The number of carbonyl (C=O) groups is 2. The van der Waals surface area contributed by atoms with Gasteiger partial charge in [-0.1, -0.05) is 75.6 Å². The lowest BCUT2D eigenvalue weighted by molar-refractivity contribution is -0.133. The second-order valence-electron chi connectivity index (χ2n) is 12.5. The van der Waals surface area contributed by atoms with Gasteiger partial charge in [0.15, 0.2) is 0 Å². The highest BCUT2D eigenvalue weighted by atomic mass is 16.5. The average Bonchev–Trinajstić information content (AvgIpc) is 2.90. The fourth-order valence-electron chi connectivity index (χ4n) is 5.28. The molecule has 2 N–H and O–H groups in total. The van der Waals surface area contributed by atoms with Crippen LogP contribution in [0.5, 0.6) is 5.75 Å². The van der Waals surface area contributed by atoms with E-state index in [1.54, 1.807) is 0 Å². The highest BCUT2D eigenvalue weighted by Crippen LogP contribution is 2.25. The van der Waals surface area contributed by atoms with Crippen molar-refractivity contribution in [3.63, 3.8) is 0 Å². The van der Waals surface area contributed by atoms with Gasteiger partial charge in [-0.2, -0.15) is 0 Å². The van der Waals surface area contributed by atoms with Crippen molar-refractivity contribution < 1.29 is 14.3 Å². The van der Waals surface area contributed by atoms with Gasteiger partial charge in [0.1, 0.15) is 18.4 Å². The van der Waals surface area contributed by atoms with E-state index in [2.05, 4.69) is 36.4 Å². The first-order valence-corrected chi connectivity index (χ1v) is 14.6. The fourth-order valence-corrected chi connectivity index (χ4v) is 5.28. The molecule has 1 saturated carbocycles. The van der Waals surface area contributed by atoms with Crippen LogP contribution in [0.2, 0.25) is 0 Å². The Labute approximate surface area is 235 Å². The maximum atomic E-state index is 13.8. The molecule has 2 amide bonds. The van der Waals surface area contributed by atoms with Gasteiger partial charge in [0.2, 0.25) is 11.8 Å². The molecule has 2 aromatic rings. The van der Waals surface area contributed by atoms with Gasteiger partial charge in [0.05, 0.1) is 6.04 Å². The molecular weight excluding hydrogens is 486 g/mol. The summed E-state index contributed by atoms with van der Waals surface area (Å²) in [5.41, 5.74) is 1.68. The monoisotopic (exact) mass is 535 g/mol. The molecule has 1 unspecified atom stereocenters. The molecule has 2 atom stereocenters. The second-order valence-corrected chi connectivity index (χ2v) is 12.5. The summed E-state index contributed by atoms with van der Waals surface area (Å²) in [7, 11) is 2.08. The van der Waals surface area contributed by atoms with Crippen molar-refractivity contribution in [2.45, 2.75) is 110 Å². The summed E-state index contributed by atoms with van der Waals surface area (Å²) < 4.78 is 5.93. The van der Waals surface area contributed by atoms with Gasteiger partial charge in [0.25, 0.3) is 0 Å². The van der Waals surface area contributed by atoms with E-state index in [-0.39, 0.29) is 17.9 Å². The maximum Gasteiger partial charge on any atom is 0.243 e. The number of amides is 2. The van der Waals surface area contributed by atoms with E-state index in [1.165, 1.54) is 19.3 Å². The van der Waals surface area contributed by atoms with Crippen molar-refractivity contribution in [3.8, 4) is 5.75 Å². The van der Waals surface area contributed by atoms with Crippen LogP contribution < -0.4 is 15.4 Å². The standard InChI is InChI=1S/C33H49N3O3/c1-24(2)21-30(36(6)27-15-11-8-12-16-27)32(38)34-29(31(37)35-33(3,4)5)22-25-17-19-28(20-18-25)39-23-26-13-9-7-10-14-26/h7,9-10,13-14,17-20,24,27,29-30H,8,11-12,15-16,21-23H2,1-6H3,(H,34,38)(H,35,37)/t29-,30?/m0/s1. The molecule has 39 heavy (non-hydrogen) atoms. The zero-order chi connectivity index (χ0) is 28.4. The number of nitrogens with zero attached hydrogens (tertiary/aromatic N) is 1. The van der Waals surface area contributed by atoms with Gasteiger partial charge >= 0.3 is 0 Å². The fraction of sp³-hybridized carbons (Fsp3) is 0.576. The van der Waals surface area contributed by atoms with E-state index in [0.717, 1.165) is 36.1 Å². The van der Waals surface area contributed by atoms with Crippen molar-refractivity contribution in [1.82, 2.24) is 15.5 Å². The highest BCUT2D eigenvalue weighted by Gasteiger charge is 2.33. The van der Waals surface area contributed by atoms with Crippen LogP contribution in [-0.4, -0.2) is 47.4 Å². The van der Waals surface area contributed by atoms with Crippen molar-refractivity contribution in [2.75, 3.05) is 7.05 Å². The first kappa shape index (κ1) is 30.7. The summed E-state index contributed by atoms with van der Waals surface area (Å²) in [6.07, 6.45) is 7.14. The molecule has 1 aliphatic rings. The number of hydrogen-bond donors (Lipinski definition) is 2. The molecule has 3 rings (SSSR count). The Balaban J connectivity index is 1.72. The molecule has 6 nitrogen and oxygen atoms in total. The Morgan fingerprint density at radius 3 is 2.15 bits per heavy atom. The normalized spacial score (nSPS) is 16.1. The third kappa shape index (κ3) is 10.3. The Morgan fingerprint density at radius 2 is 1.56 bits per heavy atom. The van der Waals surface area contributed by atoms with Gasteiger partial charge in [-0.25, -0.2) is 0 Å². The molecule has 2 aromatic carbocycles. The second kappa shape index (κ2) is 14.5. The molecule has 0 aromatic heterocycles. The van der Waals surface area contributed by atoms with Crippen LogP contribution in [0.1, 0.15) is 84.3 Å².